The van der Waals surface area contributed by atoms with E-state index in [4.69, 9.17) is 0 Å². The van der Waals surface area contributed by atoms with E-state index in [1.165, 1.54) is 0 Å². The molecule has 0 spiro atoms. The number of aromatic nitrogens is 4. The zero-order chi connectivity index (χ0) is 17.6. The van der Waals surface area contributed by atoms with Gasteiger partial charge in [-0.3, -0.25) is 0 Å². The van der Waals surface area contributed by atoms with Gasteiger partial charge >= 0.3 is 6.18 Å². The number of alkyl halides is 3. The van der Waals surface area contributed by atoms with Crippen molar-refractivity contribution in [3.05, 3.63) is 41.4 Å². The summed E-state index contributed by atoms with van der Waals surface area (Å²) in [6.45, 7) is 1.96. The van der Waals surface area contributed by atoms with Gasteiger partial charge in [-0.2, -0.15) is 13.2 Å². The van der Waals surface area contributed by atoms with Gasteiger partial charge in [-0.05, 0) is 24.6 Å². The molecule has 0 aliphatic carbocycles. The number of aryl methyl sites for hydroxylation is 2. The van der Waals surface area contributed by atoms with Gasteiger partial charge in [0.15, 0.2) is 0 Å². The molecule has 25 heavy (non-hydrogen) atoms. The Morgan fingerprint density at radius 1 is 1.20 bits per heavy atom. The number of thiazole rings is 1. The van der Waals surface area contributed by atoms with E-state index in [1.807, 2.05) is 25.3 Å². The molecular weight excluding hydrogens is 349 g/mol. The molecule has 1 aromatic carbocycles. The summed E-state index contributed by atoms with van der Waals surface area (Å²) in [5.74, 6) is 0.187. The van der Waals surface area contributed by atoms with E-state index in [-0.39, 0.29) is 12.2 Å². The summed E-state index contributed by atoms with van der Waals surface area (Å²) in [6, 6.07) is 5.99. The van der Waals surface area contributed by atoms with Gasteiger partial charge in [-0.15, -0.1) is 11.3 Å². The highest BCUT2D eigenvalue weighted by atomic mass is 32.1. The maximum absolute atomic E-state index is 12.3. The highest BCUT2D eigenvalue weighted by Crippen LogP contribution is 2.32. The standard InChI is InChI=1S/C17H13F3N4S/c1-9-23-13-3-2-10(6-14(13)25-9)11-7-22-16-12(11)8-21-15(24-16)4-5-17(18,19)20/h2-3,6-8H,4-5H2,1H3,(H,21,22,24). The summed E-state index contributed by atoms with van der Waals surface area (Å²) >= 11 is 1.62. The van der Waals surface area contributed by atoms with E-state index >= 15 is 0 Å². The van der Waals surface area contributed by atoms with Crippen molar-refractivity contribution in [2.75, 3.05) is 0 Å². The highest BCUT2D eigenvalue weighted by Gasteiger charge is 2.27. The number of nitrogens with one attached hydrogen (secondary N) is 1. The van der Waals surface area contributed by atoms with Crippen LogP contribution in [0.3, 0.4) is 0 Å². The predicted octanol–water partition coefficient (Wildman–Crippen LogP) is 5.04. The summed E-state index contributed by atoms with van der Waals surface area (Å²) in [5.41, 5.74) is 3.42. The lowest BCUT2D eigenvalue weighted by atomic mass is 10.1. The van der Waals surface area contributed by atoms with Crippen LogP contribution < -0.4 is 0 Å². The lowest BCUT2D eigenvalue weighted by Crippen LogP contribution is -2.10. The average molecular weight is 362 g/mol. The van der Waals surface area contributed by atoms with Crippen molar-refractivity contribution in [1.82, 2.24) is 19.9 Å². The van der Waals surface area contributed by atoms with Crippen LogP contribution in [-0.4, -0.2) is 26.1 Å². The van der Waals surface area contributed by atoms with E-state index in [0.717, 1.165) is 31.7 Å². The maximum Gasteiger partial charge on any atom is 0.389 e. The van der Waals surface area contributed by atoms with Crippen LogP contribution in [0.2, 0.25) is 0 Å². The number of nitrogens with zero attached hydrogens (tertiary/aromatic N) is 3. The van der Waals surface area contributed by atoms with Crippen molar-refractivity contribution in [3.63, 3.8) is 0 Å². The van der Waals surface area contributed by atoms with Crippen LogP contribution in [0.1, 0.15) is 17.3 Å². The number of rotatable bonds is 3. The third-order valence-electron chi connectivity index (χ3n) is 3.92. The molecule has 0 unspecified atom stereocenters. The minimum Gasteiger partial charge on any atom is -0.345 e. The zero-order valence-corrected chi connectivity index (χ0v) is 14.0. The Bertz CT molecular complexity index is 1060. The number of halogens is 3. The first-order chi connectivity index (χ1) is 11.9. The van der Waals surface area contributed by atoms with Crippen molar-refractivity contribution in [2.45, 2.75) is 25.9 Å². The molecule has 0 amide bonds. The minimum atomic E-state index is -4.21. The first-order valence-corrected chi connectivity index (χ1v) is 8.48. The second kappa shape index (κ2) is 5.80. The zero-order valence-electron chi connectivity index (χ0n) is 13.2. The van der Waals surface area contributed by atoms with E-state index in [0.29, 0.717) is 5.65 Å². The van der Waals surface area contributed by atoms with Gasteiger partial charge in [0.25, 0.3) is 0 Å². The van der Waals surface area contributed by atoms with Gasteiger partial charge in [-0.1, -0.05) is 6.07 Å². The molecule has 0 radical (unpaired) electrons. The van der Waals surface area contributed by atoms with Crippen molar-refractivity contribution in [3.8, 4) is 11.1 Å². The number of hydrogen-bond acceptors (Lipinski definition) is 4. The molecule has 0 fully saturated rings. The SMILES string of the molecule is Cc1nc2ccc(-c3c[nH]c4nc(CCC(F)(F)F)ncc34)cc2s1. The van der Waals surface area contributed by atoms with E-state index in [9.17, 15) is 13.2 Å². The normalized spacial score (nSPS) is 12.3. The number of benzene rings is 1. The number of aromatic amines is 1. The Labute approximate surface area is 144 Å². The van der Waals surface area contributed by atoms with Crippen molar-refractivity contribution >= 4 is 32.6 Å². The van der Waals surface area contributed by atoms with Crippen LogP contribution in [0.5, 0.6) is 0 Å². The largest absolute Gasteiger partial charge is 0.389 e. The van der Waals surface area contributed by atoms with Crippen LogP contribution in [0.15, 0.2) is 30.6 Å². The van der Waals surface area contributed by atoms with Crippen molar-refractivity contribution in [2.24, 2.45) is 0 Å². The fraction of sp³-hybridized carbons (Fsp3) is 0.235. The third-order valence-corrected chi connectivity index (χ3v) is 4.85. The van der Waals surface area contributed by atoms with E-state index in [1.54, 1.807) is 17.5 Å². The third kappa shape index (κ3) is 3.21. The second-order valence-electron chi connectivity index (χ2n) is 5.78. The molecule has 128 valence electrons. The molecule has 0 aliphatic heterocycles. The summed E-state index contributed by atoms with van der Waals surface area (Å²) in [4.78, 5) is 15.8. The lowest BCUT2D eigenvalue weighted by molar-refractivity contribution is -0.134. The highest BCUT2D eigenvalue weighted by molar-refractivity contribution is 7.18. The van der Waals surface area contributed by atoms with Gasteiger partial charge < -0.3 is 4.98 Å². The maximum atomic E-state index is 12.3. The van der Waals surface area contributed by atoms with Gasteiger partial charge in [0.1, 0.15) is 11.5 Å². The van der Waals surface area contributed by atoms with Crippen LogP contribution in [0.25, 0.3) is 32.4 Å². The molecule has 3 aromatic heterocycles. The summed E-state index contributed by atoms with van der Waals surface area (Å²) < 4.78 is 38.1. The minimum absolute atomic E-state index is 0.187. The molecule has 4 aromatic rings. The summed E-state index contributed by atoms with van der Waals surface area (Å²) in [6.07, 6.45) is -1.96. The Balaban J connectivity index is 1.70. The van der Waals surface area contributed by atoms with E-state index < -0.39 is 12.6 Å². The Morgan fingerprint density at radius 3 is 2.84 bits per heavy atom. The van der Waals surface area contributed by atoms with Gasteiger partial charge in [0.2, 0.25) is 0 Å². The number of H-pyrrole nitrogens is 1. The Morgan fingerprint density at radius 2 is 2.04 bits per heavy atom. The summed E-state index contributed by atoms with van der Waals surface area (Å²) in [5, 5.41) is 1.79. The van der Waals surface area contributed by atoms with Crippen LogP contribution in [-0.2, 0) is 6.42 Å². The second-order valence-corrected chi connectivity index (χ2v) is 7.02. The molecule has 4 nitrogen and oxygen atoms in total. The average Bonchev–Trinajstić information content (AvgIpc) is 3.13. The van der Waals surface area contributed by atoms with E-state index in [2.05, 4.69) is 26.0 Å². The molecule has 1 N–H and O–H groups in total. The predicted molar refractivity (Wildman–Crippen MR) is 91.6 cm³/mol. The topological polar surface area (TPSA) is 54.5 Å². The lowest BCUT2D eigenvalue weighted by Gasteiger charge is -2.05. The van der Waals surface area contributed by atoms with Crippen molar-refractivity contribution in [1.29, 1.82) is 0 Å². The Kier molecular flexibility index (Phi) is 3.72. The first kappa shape index (κ1) is 16.0. The molecule has 4 rings (SSSR count). The molecule has 0 aliphatic rings. The van der Waals surface area contributed by atoms with Crippen molar-refractivity contribution < 1.29 is 13.2 Å². The smallest absolute Gasteiger partial charge is 0.345 e. The molecule has 8 heteroatoms. The van der Waals surface area contributed by atoms with Gasteiger partial charge in [-0.25, -0.2) is 15.0 Å². The van der Waals surface area contributed by atoms with Crippen LogP contribution in [0, 0.1) is 6.92 Å². The molecule has 0 bridgehead atoms. The number of fused-ring (bicyclic) bond motifs is 2. The summed E-state index contributed by atoms with van der Waals surface area (Å²) in [7, 11) is 0. The molecule has 0 saturated heterocycles. The monoisotopic (exact) mass is 362 g/mol. The van der Waals surface area contributed by atoms with Crippen LogP contribution >= 0.6 is 11.3 Å². The molecule has 3 heterocycles. The molecule has 0 atom stereocenters. The molecule has 0 saturated carbocycles. The van der Waals surface area contributed by atoms with Crippen LogP contribution in [0.4, 0.5) is 13.2 Å². The fourth-order valence-electron chi connectivity index (χ4n) is 2.76. The fourth-order valence-corrected chi connectivity index (χ4v) is 3.63. The Hall–Kier alpha value is -2.48. The van der Waals surface area contributed by atoms with Gasteiger partial charge in [0.05, 0.1) is 21.6 Å². The quantitative estimate of drug-likeness (QED) is 0.556. The van der Waals surface area contributed by atoms with Gasteiger partial charge in [0, 0.05) is 29.8 Å². The number of hydrogen-bond donors (Lipinski definition) is 1. The molecular formula is C17H13F3N4S. The first-order valence-electron chi connectivity index (χ1n) is 7.66.